The molecule has 1 N–H and O–H groups in total. The zero-order valence-corrected chi connectivity index (χ0v) is 15.2. The Labute approximate surface area is 153 Å². The first-order valence-corrected chi connectivity index (χ1v) is 8.82. The zero-order valence-electron chi connectivity index (χ0n) is 13.6. The molecule has 1 aliphatic rings. The van der Waals surface area contributed by atoms with Gasteiger partial charge in [0.1, 0.15) is 5.82 Å². The van der Waals surface area contributed by atoms with E-state index in [-0.39, 0.29) is 10.0 Å². The van der Waals surface area contributed by atoms with Crippen molar-refractivity contribution in [3.8, 4) is 0 Å². The first kappa shape index (κ1) is 17.6. The fraction of sp³-hybridized carbons (Fsp3) is 0.263. The standard InChI is InChI=1S/C19H17BrFNO3/c1-11(25-19(24)16-8-6-14(21)10-17(16)20)18(23)22-15-7-5-12-3-2-4-13(12)9-15/h5-11H,2-4H2,1H3,(H,22,23)/t11-/m0/s1. The summed E-state index contributed by atoms with van der Waals surface area (Å²) in [5.74, 6) is -1.57. The van der Waals surface area contributed by atoms with Gasteiger partial charge in [0.15, 0.2) is 6.10 Å². The number of rotatable bonds is 4. The van der Waals surface area contributed by atoms with Crippen molar-refractivity contribution in [2.75, 3.05) is 5.32 Å². The molecule has 25 heavy (non-hydrogen) atoms. The molecule has 0 radical (unpaired) electrons. The number of anilines is 1. The van der Waals surface area contributed by atoms with Gasteiger partial charge in [0.05, 0.1) is 5.56 Å². The Morgan fingerprint density at radius 1 is 1.16 bits per heavy atom. The summed E-state index contributed by atoms with van der Waals surface area (Å²) in [4.78, 5) is 24.4. The van der Waals surface area contributed by atoms with Crippen molar-refractivity contribution >= 4 is 33.5 Å². The molecule has 1 aliphatic carbocycles. The number of amides is 1. The number of nitrogens with one attached hydrogen (secondary N) is 1. The van der Waals surface area contributed by atoms with Crippen molar-refractivity contribution < 1.29 is 18.7 Å². The van der Waals surface area contributed by atoms with Crippen LogP contribution in [0, 0.1) is 5.82 Å². The van der Waals surface area contributed by atoms with Crippen LogP contribution in [0.3, 0.4) is 0 Å². The lowest BCUT2D eigenvalue weighted by atomic mass is 10.1. The molecule has 0 bridgehead atoms. The summed E-state index contributed by atoms with van der Waals surface area (Å²) >= 11 is 3.12. The van der Waals surface area contributed by atoms with Gasteiger partial charge in [0.2, 0.25) is 0 Å². The highest BCUT2D eigenvalue weighted by Gasteiger charge is 2.21. The fourth-order valence-electron chi connectivity index (χ4n) is 2.83. The van der Waals surface area contributed by atoms with Gasteiger partial charge in [-0.3, -0.25) is 4.79 Å². The number of halogens is 2. The van der Waals surface area contributed by atoms with Gasteiger partial charge < -0.3 is 10.1 Å². The minimum Gasteiger partial charge on any atom is -0.449 e. The molecular formula is C19H17BrFNO3. The van der Waals surface area contributed by atoms with Crippen molar-refractivity contribution in [3.63, 3.8) is 0 Å². The first-order chi connectivity index (χ1) is 11.9. The van der Waals surface area contributed by atoms with Crippen LogP contribution >= 0.6 is 15.9 Å². The summed E-state index contributed by atoms with van der Waals surface area (Å²) in [7, 11) is 0. The Bertz CT molecular complexity index is 837. The number of ether oxygens (including phenoxy) is 1. The second-order valence-electron chi connectivity index (χ2n) is 6.00. The number of aryl methyl sites for hydroxylation is 2. The normalized spacial score (nSPS) is 13.9. The minimum atomic E-state index is -0.974. The lowest BCUT2D eigenvalue weighted by molar-refractivity contribution is -0.123. The zero-order chi connectivity index (χ0) is 18.0. The van der Waals surface area contributed by atoms with Gasteiger partial charge in [-0.1, -0.05) is 6.07 Å². The van der Waals surface area contributed by atoms with Crippen molar-refractivity contribution in [2.24, 2.45) is 0 Å². The van der Waals surface area contributed by atoms with Gasteiger partial charge in [0, 0.05) is 10.2 Å². The summed E-state index contributed by atoms with van der Waals surface area (Å²) < 4.78 is 18.6. The van der Waals surface area contributed by atoms with Crippen LogP contribution in [0.5, 0.6) is 0 Å². The molecule has 0 aliphatic heterocycles. The Kier molecular flexibility index (Phi) is 5.18. The summed E-state index contributed by atoms with van der Waals surface area (Å²) in [6.07, 6.45) is 2.25. The predicted molar refractivity (Wildman–Crippen MR) is 96.1 cm³/mol. The van der Waals surface area contributed by atoms with Gasteiger partial charge in [-0.25, -0.2) is 9.18 Å². The molecular weight excluding hydrogens is 389 g/mol. The summed E-state index contributed by atoms with van der Waals surface area (Å²) in [6.45, 7) is 1.50. The average molecular weight is 406 g/mol. The molecule has 0 heterocycles. The van der Waals surface area contributed by atoms with E-state index in [1.807, 2.05) is 18.2 Å². The highest BCUT2D eigenvalue weighted by atomic mass is 79.9. The number of hydrogen-bond donors (Lipinski definition) is 1. The van der Waals surface area contributed by atoms with Crippen LogP contribution in [0.15, 0.2) is 40.9 Å². The van der Waals surface area contributed by atoms with Crippen LogP contribution in [0.2, 0.25) is 0 Å². The summed E-state index contributed by atoms with van der Waals surface area (Å²) in [6, 6.07) is 9.48. The highest BCUT2D eigenvalue weighted by Crippen LogP contribution is 2.25. The SMILES string of the molecule is C[C@H](OC(=O)c1ccc(F)cc1Br)C(=O)Nc1ccc2c(c1)CCC2. The Balaban J connectivity index is 1.63. The molecule has 0 aromatic heterocycles. The quantitative estimate of drug-likeness (QED) is 0.773. The molecule has 1 amide bonds. The van der Waals surface area contributed by atoms with E-state index in [0.29, 0.717) is 5.69 Å². The third-order valence-corrected chi connectivity index (χ3v) is 4.83. The molecule has 0 saturated carbocycles. The number of esters is 1. The maximum Gasteiger partial charge on any atom is 0.340 e. The van der Waals surface area contributed by atoms with Crippen LogP contribution in [-0.4, -0.2) is 18.0 Å². The topological polar surface area (TPSA) is 55.4 Å². The second-order valence-corrected chi connectivity index (χ2v) is 6.85. The van der Waals surface area contributed by atoms with Crippen molar-refractivity contribution in [2.45, 2.75) is 32.3 Å². The Hall–Kier alpha value is -2.21. The number of fused-ring (bicyclic) bond motifs is 1. The van der Waals surface area contributed by atoms with Gasteiger partial charge in [-0.2, -0.15) is 0 Å². The molecule has 3 rings (SSSR count). The largest absolute Gasteiger partial charge is 0.449 e. The van der Waals surface area contributed by atoms with Crippen LogP contribution < -0.4 is 5.32 Å². The van der Waals surface area contributed by atoms with E-state index < -0.39 is 23.8 Å². The third-order valence-electron chi connectivity index (χ3n) is 4.17. The molecule has 1 atom stereocenters. The molecule has 0 saturated heterocycles. The van der Waals surface area contributed by atoms with Gasteiger partial charge in [-0.15, -0.1) is 0 Å². The third kappa shape index (κ3) is 4.07. The molecule has 0 spiro atoms. The Morgan fingerprint density at radius 3 is 2.68 bits per heavy atom. The van der Waals surface area contributed by atoms with Crippen LogP contribution in [0.1, 0.15) is 34.8 Å². The molecule has 0 unspecified atom stereocenters. The smallest absolute Gasteiger partial charge is 0.340 e. The number of carbonyl (C=O) groups is 2. The van der Waals surface area contributed by atoms with Gasteiger partial charge in [0.25, 0.3) is 5.91 Å². The van der Waals surface area contributed by atoms with E-state index in [2.05, 4.69) is 21.2 Å². The number of carbonyl (C=O) groups excluding carboxylic acids is 2. The molecule has 0 fully saturated rings. The molecule has 130 valence electrons. The van der Waals surface area contributed by atoms with E-state index >= 15 is 0 Å². The average Bonchev–Trinajstić information content (AvgIpc) is 3.02. The van der Waals surface area contributed by atoms with Crippen molar-refractivity contribution in [3.05, 3.63) is 63.4 Å². The summed E-state index contributed by atoms with van der Waals surface area (Å²) in [5, 5.41) is 2.76. The van der Waals surface area contributed by atoms with Crippen molar-refractivity contribution in [1.29, 1.82) is 0 Å². The van der Waals surface area contributed by atoms with E-state index in [4.69, 9.17) is 4.74 Å². The maximum atomic E-state index is 13.1. The van der Waals surface area contributed by atoms with Crippen molar-refractivity contribution in [1.82, 2.24) is 0 Å². The number of hydrogen-bond acceptors (Lipinski definition) is 3. The van der Waals surface area contributed by atoms with Gasteiger partial charge >= 0.3 is 5.97 Å². The summed E-state index contributed by atoms with van der Waals surface area (Å²) in [5.41, 5.74) is 3.42. The van der Waals surface area contributed by atoms with E-state index in [9.17, 15) is 14.0 Å². The van der Waals surface area contributed by atoms with E-state index in [0.717, 1.165) is 25.3 Å². The van der Waals surface area contributed by atoms with Crippen LogP contribution in [-0.2, 0) is 22.4 Å². The van der Waals surface area contributed by atoms with Gasteiger partial charge in [-0.05, 0) is 83.6 Å². The predicted octanol–water partition coefficient (Wildman–Crippen LogP) is 4.26. The molecule has 2 aromatic carbocycles. The van der Waals surface area contributed by atoms with E-state index in [1.165, 1.54) is 30.2 Å². The van der Waals surface area contributed by atoms with E-state index in [1.54, 1.807) is 0 Å². The Morgan fingerprint density at radius 2 is 1.92 bits per heavy atom. The highest BCUT2D eigenvalue weighted by molar-refractivity contribution is 9.10. The number of benzene rings is 2. The first-order valence-electron chi connectivity index (χ1n) is 8.03. The molecule has 6 heteroatoms. The lowest BCUT2D eigenvalue weighted by Crippen LogP contribution is -2.30. The minimum absolute atomic E-state index is 0.165. The van der Waals surface area contributed by atoms with Crippen LogP contribution in [0.25, 0.3) is 0 Å². The maximum absolute atomic E-state index is 13.1. The second kappa shape index (κ2) is 7.35. The van der Waals surface area contributed by atoms with Crippen LogP contribution in [0.4, 0.5) is 10.1 Å². The lowest BCUT2D eigenvalue weighted by Gasteiger charge is -2.14. The molecule has 4 nitrogen and oxygen atoms in total. The molecule has 2 aromatic rings. The monoisotopic (exact) mass is 405 g/mol. The fourth-order valence-corrected chi connectivity index (χ4v) is 3.34.